The average Bonchev–Trinajstić information content (AvgIpc) is 3.38. The van der Waals surface area contributed by atoms with Gasteiger partial charge < -0.3 is 14.8 Å². The van der Waals surface area contributed by atoms with E-state index in [1.54, 1.807) is 16.4 Å². The summed E-state index contributed by atoms with van der Waals surface area (Å²) in [6.07, 6.45) is 1.74. The quantitative estimate of drug-likeness (QED) is 0.113. The molecule has 1 atom stereocenters. The van der Waals surface area contributed by atoms with E-state index in [0.717, 1.165) is 29.7 Å². The molecule has 7 nitrogen and oxygen atoms in total. The topological polar surface area (TPSA) is 78.3 Å². The zero-order chi connectivity index (χ0) is 27.9. The van der Waals surface area contributed by atoms with Crippen molar-refractivity contribution < 1.29 is 14.3 Å². The Kier molecular flexibility index (Phi) is 9.08. The number of carbonyl (C=O) groups excluding carboxylic acids is 1. The Labute approximate surface area is 243 Å². The molecule has 0 saturated heterocycles. The van der Waals surface area contributed by atoms with E-state index in [1.165, 1.54) is 5.56 Å². The van der Waals surface area contributed by atoms with Crippen molar-refractivity contribution in [1.29, 1.82) is 0 Å². The summed E-state index contributed by atoms with van der Waals surface area (Å²) in [5.74, 6) is 1.63. The lowest BCUT2D eigenvalue weighted by molar-refractivity contribution is -0.139. The molecular weight excluding hydrogens is 544 g/mol. The first-order chi connectivity index (χ1) is 19.5. The first kappa shape index (κ1) is 27.8. The summed E-state index contributed by atoms with van der Waals surface area (Å²) >= 11 is 7.57. The van der Waals surface area contributed by atoms with Gasteiger partial charge in [0.15, 0.2) is 0 Å². The van der Waals surface area contributed by atoms with Crippen LogP contribution in [0.2, 0.25) is 5.02 Å². The summed E-state index contributed by atoms with van der Waals surface area (Å²) in [5, 5.41) is 9.42. The first-order valence-corrected chi connectivity index (χ1v) is 14.6. The molecule has 3 aromatic carbocycles. The number of thioether (sulfide) groups is 1. The summed E-state index contributed by atoms with van der Waals surface area (Å²) in [4.78, 5) is 18.1. The van der Waals surface area contributed by atoms with E-state index < -0.39 is 6.04 Å². The summed E-state index contributed by atoms with van der Waals surface area (Å²) in [7, 11) is 0. The minimum atomic E-state index is -0.525. The Morgan fingerprint density at radius 1 is 1.05 bits per heavy atom. The van der Waals surface area contributed by atoms with Crippen molar-refractivity contribution in [2.24, 2.45) is 0 Å². The predicted molar refractivity (Wildman–Crippen MR) is 159 cm³/mol. The molecule has 1 N–H and O–H groups in total. The minimum absolute atomic E-state index is 0.365. The molecule has 0 spiro atoms. The van der Waals surface area contributed by atoms with Gasteiger partial charge in [0, 0.05) is 16.5 Å². The maximum atomic E-state index is 13.4. The number of aromatic nitrogens is 3. The highest BCUT2D eigenvalue weighted by Crippen LogP contribution is 2.38. The monoisotopic (exact) mass is 574 g/mol. The van der Waals surface area contributed by atoms with E-state index in [4.69, 9.17) is 31.2 Å². The van der Waals surface area contributed by atoms with E-state index in [-0.39, 0.29) is 5.97 Å². The molecule has 0 bridgehead atoms. The van der Waals surface area contributed by atoms with Crippen molar-refractivity contribution in [3.05, 3.63) is 112 Å². The molecule has 1 aliphatic rings. The largest absolute Gasteiger partial charge is 0.489 e. The van der Waals surface area contributed by atoms with Gasteiger partial charge in [-0.1, -0.05) is 91.3 Å². The number of nitrogens with zero attached hydrogens (tertiary/aromatic N) is 3. The number of rotatable bonds is 11. The molecule has 206 valence electrons. The second-order valence-corrected chi connectivity index (χ2v) is 10.9. The Morgan fingerprint density at radius 3 is 2.62 bits per heavy atom. The zero-order valence-corrected chi connectivity index (χ0v) is 24.0. The van der Waals surface area contributed by atoms with Gasteiger partial charge in [-0.2, -0.15) is 4.98 Å². The number of carbonyl (C=O) groups is 1. The number of anilines is 1. The maximum Gasteiger partial charge on any atom is 0.338 e. The molecule has 0 aliphatic carbocycles. The lowest BCUT2D eigenvalue weighted by Gasteiger charge is -2.28. The van der Waals surface area contributed by atoms with Crippen LogP contribution in [0.5, 0.6) is 5.75 Å². The number of fused-ring (bicyclic) bond motifs is 1. The molecular formula is C31H31ClN4O3S. The minimum Gasteiger partial charge on any atom is -0.489 e. The maximum absolute atomic E-state index is 13.4. The van der Waals surface area contributed by atoms with Gasteiger partial charge in [-0.3, -0.25) is 0 Å². The fraction of sp³-hybridized carbons (Fsp3) is 0.258. The molecule has 0 amide bonds. The van der Waals surface area contributed by atoms with Crippen molar-refractivity contribution >= 4 is 35.3 Å². The van der Waals surface area contributed by atoms with Gasteiger partial charge in [-0.15, -0.1) is 5.10 Å². The van der Waals surface area contributed by atoms with Crippen molar-refractivity contribution in [2.45, 2.75) is 50.2 Å². The van der Waals surface area contributed by atoms with E-state index in [9.17, 15) is 4.79 Å². The molecule has 0 fully saturated rings. The smallest absolute Gasteiger partial charge is 0.338 e. The number of esters is 1. The van der Waals surface area contributed by atoms with Gasteiger partial charge in [0.2, 0.25) is 11.1 Å². The third kappa shape index (κ3) is 6.69. The molecule has 40 heavy (non-hydrogen) atoms. The fourth-order valence-corrected chi connectivity index (χ4v) is 5.31. The standard InChI is InChI=1S/C31H31ClN4O3S/c1-3-4-17-38-29(37)27-21(2)33-30-34-31(40-20-23-9-6-5-7-10-23)35-36(30)28(27)24-11-8-12-26(18-24)39-19-22-13-15-25(32)16-14-22/h5-16,18,28H,3-4,17,19-20H2,1-2H3,(H,33,34,35). The second kappa shape index (κ2) is 13.1. The number of nitrogens with one attached hydrogen (secondary N) is 1. The van der Waals surface area contributed by atoms with E-state index >= 15 is 0 Å². The SMILES string of the molecule is CCCCOC(=O)C1=C(C)Nc2nc(SCc3ccccc3)nn2C1c1cccc(OCc2ccc(Cl)cc2)c1. The molecule has 5 rings (SSSR count). The van der Waals surface area contributed by atoms with E-state index in [0.29, 0.717) is 46.4 Å². The van der Waals surface area contributed by atoms with Crippen LogP contribution < -0.4 is 10.1 Å². The van der Waals surface area contributed by atoms with Crippen LogP contribution >= 0.6 is 23.4 Å². The van der Waals surface area contributed by atoms with Crippen LogP contribution in [0.1, 0.15) is 49.4 Å². The van der Waals surface area contributed by atoms with Crippen LogP contribution in [0.4, 0.5) is 5.95 Å². The Bertz CT molecular complexity index is 1490. The van der Waals surface area contributed by atoms with E-state index in [1.807, 2.05) is 73.7 Å². The highest BCUT2D eigenvalue weighted by Gasteiger charge is 2.35. The third-order valence-electron chi connectivity index (χ3n) is 6.49. The van der Waals surface area contributed by atoms with Crippen molar-refractivity contribution in [2.75, 3.05) is 11.9 Å². The van der Waals surface area contributed by atoms with Gasteiger partial charge in [0.1, 0.15) is 18.4 Å². The zero-order valence-electron chi connectivity index (χ0n) is 22.5. The molecule has 0 saturated carbocycles. The Hall–Kier alpha value is -3.75. The average molecular weight is 575 g/mol. The summed E-state index contributed by atoms with van der Waals surface area (Å²) in [6, 6.07) is 25.0. The van der Waals surface area contributed by atoms with Gasteiger partial charge in [-0.05, 0) is 54.3 Å². The molecule has 1 unspecified atom stereocenters. The Balaban J connectivity index is 1.44. The summed E-state index contributed by atoms with van der Waals surface area (Å²) in [6.45, 7) is 4.70. The van der Waals surface area contributed by atoms with Crippen LogP contribution in [-0.2, 0) is 21.9 Å². The third-order valence-corrected chi connectivity index (χ3v) is 7.65. The number of hydrogen-bond donors (Lipinski definition) is 1. The second-order valence-electron chi connectivity index (χ2n) is 9.48. The van der Waals surface area contributed by atoms with E-state index in [2.05, 4.69) is 24.4 Å². The summed E-state index contributed by atoms with van der Waals surface area (Å²) < 4.78 is 13.5. The molecule has 1 aromatic heterocycles. The number of benzene rings is 3. The number of allylic oxidation sites excluding steroid dienone is 1. The molecule has 2 heterocycles. The van der Waals surface area contributed by atoms with Gasteiger partial charge in [-0.25, -0.2) is 9.48 Å². The van der Waals surface area contributed by atoms with Crippen LogP contribution in [0.25, 0.3) is 0 Å². The first-order valence-electron chi connectivity index (χ1n) is 13.3. The molecule has 4 aromatic rings. The lowest BCUT2D eigenvalue weighted by Crippen LogP contribution is -2.29. The van der Waals surface area contributed by atoms with Crippen LogP contribution in [-0.4, -0.2) is 27.3 Å². The molecule has 9 heteroatoms. The number of ether oxygens (including phenoxy) is 2. The van der Waals surface area contributed by atoms with Crippen LogP contribution in [0.15, 0.2) is 95.3 Å². The van der Waals surface area contributed by atoms with Crippen LogP contribution in [0, 0.1) is 0 Å². The normalized spacial score (nSPS) is 14.4. The summed E-state index contributed by atoms with van der Waals surface area (Å²) in [5.41, 5.74) is 4.24. The van der Waals surface area contributed by atoms with Crippen LogP contribution in [0.3, 0.4) is 0 Å². The Morgan fingerprint density at radius 2 is 1.85 bits per heavy atom. The van der Waals surface area contributed by atoms with Gasteiger partial charge in [0.05, 0.1) is 12.2 Å². The number of hydrogen-bond acceptors (Lipinski definition) is 7. The van der Waals surface area contributed by atoms with Crippen molar-refractivity contribution in [1.82, 2.24) is 14.8 Å². The lowest BCUT2D eigenvalue weighted by atomic mass is 9.95. The molecule has 0 radical (unpaired) electrons. The fourth-order valence-electron chi connectivity index (χ4n) is 4.40. The number of unbranched alkanes of at least 4 members (excludes halogenated alkanes) is 1. The van der Waals surface area contributed by atoms with Crippen molar-refractivity contribution in [3.8, 4) is 5.75 Å². The highest BCUT2D eigenvalue weighted by atomic mass is 35.5. The van der Waals surface area contributed by atoms with Crippen molar-refractivity contribution in [3.63, 3.8) is 0 Å². The van der Waals surface area contributed by atoms with Gasteiger partial charge in [0.25, 0.3) is 0 Å². The predicted octanol–water partition coefficient (Wildman–Crippen LogP) is 7.44. The highest BCUT2D eigenvalue weighted by molar-refractivity contribution is 7.98. The number of halogens is 1. The van der Waals surface area contributed by atoms with Gasteiger partial charge >= 0.3 is 5.97 Å². The molecule has 1 aliphatic heterocycles.